The molecule has 0 aromatic rings. The van der Waals surface area contributed by atoms with E-state index >= 15 is 0 Å². The van der Waals surface area contributed by atoms with Crippen LogP contribution in [-0.2, 0) is 9.59 Å². The highest BCUT2D eigenvalue weighted by molar-refractivity contribution is 5.75. The Morgan fingerprint density at radius 3 is 2.40 bits per heavy atom. The van der Waals surface area contributed by atoms with Gasteiger partial charge in [-0.25, -0.2) is 4.79 Å². The van der Waals surface area contributed by atoms with Gasteiger partial charge in [0, 0.05) is 4.92 Å². The van der Waals surface area contributed by atoms with E-state index in [1.165, 1.54) is 0 Å². The van der Waals surface area contributed by atoms with Crippen LogP contribution in [0.2, 0.25) is 0 Å². The van der Waals surface area contributed by atoms with E-state index in [1.54, 1.807) is 0 Å². The normalized spacial score (nSPS) is 12.0. The molecule has 1 unspecified atom stereocenters. The van der Waals surface area contributed by atoms with Gasteiger partial charge in [-0.3, -0.25) is 10.1 Å². The fraction of sp³-hybridized carbons (Fsp3) is 0.500. The number of aldehydes is 1. The van der Waals surface area contributed by atoms with Gasteiger partial charge in [-0.1, -0.05) is 0 Å². The molecule has 0 amide bonds. The first-order valence-electron chi connectivity index (χ1n) is 2.39. The van der Waals surface area contributed by atoms with Gasteiger partial charge >= 0.3 is 12.0 Å². The minimum absolute atomic E-state index is 0.210. The monoisotopic (exact) mass is 147 g/mol. The van der Waals surface area contributed by atoms with Crippen molar-refractivity contribution in [2.45, 2.75) is 12.5 Å². The predicted octanol–water partition coefficient (Wildman–Crippen LogP) is -0.695. The maximum atomic E-state index is 9.93. The lowest BCUT2D eigenvalue weighted by Gasteiger charge is -1.97. The standard InChI is InChI=1S/C4H5NO5/c6-2-1-3(4(7)8)5(9)10/h2-3H,1H2,(H,7,8). The molecular formula is C4H5NO5. The van der Waals surface area contributed by atoms with E-state index < -0.39 is 23.4 Å². The van der Waals surface area contributed by atoms with Gasteiger partial charge in [0.05, 0.1) is 6.42 Å². The molecule has 0 aliphatic heterocycles. The van der Waals surface area contributed by atoms with Crippen LogP contribution in [0.25, 0.3) is 0 Å². The zero-order chi connectivity index (χ0) is 8.15. The lowest BCUT2D eigenvalue weighted by atomic mass is 10.2. The summed E-state index contributed by atoms with van der Waals surface area (Å²) in [5, 5.41) is 17.9. The Bertz CT molecular complexity index is 151. The second-order valence-corrected chi connectivity index (χ2v) is 1.54. The van der Waals surface area contributed by atoms with Gasteiger partial charge in [0.25, 0.3) is 0 Å². The summed E-state index contributed by atoms with van der Waals surface area (Å²) in [5.74, 6) is -1.59. The molecule has 0 aliphatic carbocycles. The van der Waals surface area contributed by atoms with Gasteiger partial charge in [-0.05, 0) is 0 Å². The number of nitrogens with zero attached hydrogens (tertiary/aromatic N) is 1. The number of carboxylic acid groups (broad SMARTS) is 1. The van der Waals surface area contributed by atoms with Crippen LogP contribution in [0.3, 0.4) is 0 Å². The Kier molecular flexibility index (Phi) is 3.03. The Morgan fingerprint density at radius 1 is 1.80 bits per heavy atom. The molecule has 0 spiro atoms. The quantitative estimate of drug-likeness (QED) is 0.322. The van der Waals surface area contributed by atoms with Crippen LogP contribution in [0, 0.1) is 10.1 Å². The predicted molar refractivity (Wildman–Crippen MR) is 29.1 cm³/mol. The molecular weight excluding hydrogens is 142 g/mol. The molecule has 0 aromatic carbocycles. The fourth-order valence-corrected chi connectivity index (χ4v) is 0.368. The van der Waals surface area contributed by atoms with Crippen molar-refractivity contribution in [2.75, 3.05) is 0 Å². The number of hydrogen-bond acceptors (Lipinski definition) is 4. The number of carbonyl (C=O) groups is 2. The number of carbonyl (C=O) groups excluding carboxylic acids is 1. The lowest BCUT2D eigenvalue weighted by Crippen LogP contribution is -2.29. The highest BCUT2D eigenvalue weighted by Crippen LogP contribution is 1.93. The molecule has 0 saturated carbocycles. The number of aliphatic carboxylic acids is 1. The zero-order valence-electron chi connectivity index (χ0n) is 4.89. The van der Waals surface area contributed by atoms with Crippen LogP contribution in [0.4, 0.5) is 0 Å². The van der Waals surface area contributed by atoms with Crippen molar-refractivity contribution >= 4 is 12.3 Å². The minimum Gasteiger partial charge on any atom is -0.476 e. The third-order valence-corrected chi connectivity index (χ3v) is 0.859. The van der Waals surface area contributed by atoms with E-state index in [4.69, 9.17) is 5.11 Å². The number of rotatable bonds is 4. The number of nitro groups is 1. The van der Waals surface area contributed by atoms with Gasteiger partial charge in [0.1, 0.15) is 6.29 Å². The number of carboxylic acids is 1. The maximum Gasteiger partial charge on any atom is 0.379 e. The summed E-state index contributed by atoms with van der Waals surface area (Å²) in [6.07, 6.45) is -0.371. The Balaban J connectivity index is 4.11. The molecule has 1 N–H and O–H groups in total. The summed E-state index contributed by atoms with van der Waals surface area (Å²) in [4.78, 5) is 28.4. The molecule has 0 rings (SSSR count). The van der Waals surface area contributed by atoms with Gasteiger partial charge in [-0.15, -0.1) is 0 Å². The van der Waals surface area contributed by atoms with Crippen molar-refractivity contribution in [1.82, 2.24) is 0 Å². The van der Waals surface area contributed by atoms with E-state index in [0.717, 1.165) is 0 Å². The molecule has 0 saturated heterocycles. The van der Waals surface area contributed by atoms with Crippen molar-refractivity contribution in [3.63, 3.8) is 0 Å². The molecule has 0 aromatic heterocycles. The van der Waals surface area contributed by atoms with Crippen LogP contribution in [0.5, 0.6) is 0 Å². The second-order valence-electron chi connectivity index (χ2n) is 1.54. The minimum atomic E-state index is -1.79. The summed E-state index contributed by atoms with van der Waals surface area (Å²) in [6.45, 7) is 0. The molecule has 6 nitrogen and oxygen atoms in total. The summed E-state index contributed by atoms with van der Waals surface area (Å²) in [7, 11) is 0. The highest BCUT2D eigenvalue weighted by Gasteiger charge is 2.27. The first-order valence-corrected chi connectivity index (χ1v) is 2.39. The Labute approximate surface area is 55.6 Å². The van der Waals surface area contributed by atoms with Gasteiger partial charge in [0.2, 0.25) is 0 Å². The summed E-state index contributed by atoms with van der Waals surface area (Å²) in [6, 6.07) is -1.79. The van der Waals surface area contributed by atoms with Gasteiger partial charge in [0.15, 0.2) is 0 Å². The molecule has 56 valence electrons. The fourth-order valence-electron chi connectivity index (χ4n) is 0.368. The van der Waals surface area contributed by atoms with E-state index in [-0.39, 0.29) is 6.29 Å². The van der Waals surface area contributed by atoms with Gasteiger partial charge in [-0.2, -0.15) is 0 Å². The van der Waals surface area contributed by atoms with E-state index in [0.29, 0.717) is 0 Å². The van der Waals surface area contributed by atoms with Crippen molar-refractivity contribution in [1.29, 1.82) is 0 Å². The molecule has 0 radical (unpaired) electrons. The molecule has 0 bridgehead atoms. The second kappa shape index (κ2) is 3.54. The third kappa shape index (κ3) is 2.21. The van der Waals surface area contributed by atoms with Crippen LogP contribution in [0.15, 0.2) is 0 Å². The lowest BCUT2D eigenvalue weighted by molar-refractivity contribution is -0.508. The third-order valence-electron chi connectivity index (χ3n) is 0.859. The zero-order valence-corrected chi connectivity index (χ0v) is 4.89. The molecule has 0 aliphatic rings. The SMILES string of the molecule is O=CCC(C(=O)O)[N+](=O)[O-]. The van der Waals surface area contributed by atoms with Crippen molar-refractivity contribution in [2.24, 2.45) is 0 Å². The van der Waals surface area contributed by atoms with E-state index in [2.05, 4.69) is 0 Å². The maximum absolute atomic E-state index is 9.93. The average Bonchev–Trinajstić information content (AvgIpc) is 1.81. The molecule has 0 heterocycles. The smallest absolute Gasteiger partial charge is 0.379 e. The summed E-state index contributed by atoms with van der Waals surface area (Å²) < 4.78 is 0. The van der Waals surface area contributed by atoms with Crippen molar-refractivity contribution in [3.8, 4) is 0 Å². The van der Waals surface area contributed by atoms with Crippen LogP contribution in [0.1, 0.15) is 6.42 Å². The van der Waals surface area contributed by atoms with Crippen molar-refractivity contribution < 1.29 is 19.6 Å². The Morgan fingerprint density at radius 2 is 2.30 bits per heavy atom. The van der Waals surface area contributed by atoms with Crippen LogP contribution >= 0.6 is 0 Å². The summed E-state index contributed by atoms with van der Waals surface area (Å²) >= 11 is 0. The molecule has 1 atom stereocenters. The summed E-state index contributed by atoms with van der Waals surface area (Å²) in [5.41, 5.74) is 0. The first kappa shape index (κ1) is 8.54. The highest BCUT2D eigenvalue weighted by atomic mass is 16.6. The van der Waals surface area contributed by atoms with Crippen LogP contribution < -0.4 is 0 Å². The van der Waals surface area contributed by atoms with Crippen molar-refractivity contribution in [3.05, 3.63) is 10.1 Å². The molecule has 0 fully saturated rings. The van der Waals surface area contributed by atoms with Crippen LogP contribution in [-0.4, -0.2) is 28.3 Å². The Hall–Kier alpha value is -1.46. The topological polar surface area (TPSA) is 97.5 Å². The molecule has 6 heteroatoms. The number of hydrogen-bond donors (Lipinski definition) is 1. The van der Waals surface area contributed by atoms with E-state index in [9.17, 15) is 19.7 Å². The molecule has 10 heavy (non-hydrogen) atoms. The average molecular weight is 147 g/mol. The first-order chi connectivity index (χ1) is 4.59. The largest absolute Gasteiger partial charge is 0.476 e. The van der Waals surface area contributed by atoms with E-state index in [1.807, 2.05) is 0 Å². The van der Waals surface area contributed by atoms with Gasteiger partial charge < -0.3 is 9.90 Å².